The van der Waals surface area contributed by atoms with E-state index in [1.165, 1.54) is 17.3 Å². The van der Waals surface area contributed by atoms with Gasteiger partial charge in [0.25, 0.3) is 11.8 Å². The maximum atomic E-state index is 13.5. The predicted octanol–water partition coefficient (Wildman–Crippen LogP) is 5.15. The summed E-state index contributed by atoms with van der Waals surface area (Å²) in [5.41, 5.74) is 3.17. The summed E-state index contributed by atoms with van der Waals surface area (Å²) < 4.78 is 40.5. The van der Waals surface area contributed by atoms with Crippen LogP contribution in [0, 0.1) is 11.3 Å². The minimum Gasteiger partial charge on any atom is -0.371 e. The van der Waals surface area contributed by atoms with Gasteiger partial charge in [-0.05, 0) is 92.1 Å². The number of piperidine rings is 3. The summed E-state index contributed by atoms with van der Waals surface area (Å²) in [5, 5.41) is 11.4. The summed E-state index contributed by atoms with van der Waals surface area (Å²) >= 11 is 0. The lowest BCUT2D eigenvalue weighted by atomic mass is 9.89. The van der Waals surface area contributed by atoms with Crippen molar-refractivity contribution in [2.24, 2.45) is 0 Å². The fourth-order valence-electron chi connectivity index (χ4n) is 8.98. The lowest BCUT2D eigenvalue weighted by molar-refractivity contribution is -0.138. The predicted molar refractivity (Wildman–Crippen MR) is 199 cm³/mol. The van der Waals surface area contributed by atoms with Crippen LogP contribution in [0.15, 0.2) is 60.7 Å². The summed E-state index contributed by atoms with van der Waals surface area (Å²) in [6.45, 7) is 6.71. The molecule has 4 amide bonds. The van der Waals surface area contributed by atoms with E-state index >= 15 is 0 Å². The van der Waals surface area contributed by atoms with Gasteiger partial charge in [-0.2, -0.15) is 18.4 Å². The van der Waals surface area contributed by atoms with E-state index in [4.69, 9.17) is 5.26 Å². The lowest BCUT2D eigenvalue weighted by Crippen LogP contribution is -2.54. The number of alkyl halides is 3. The second-order valence-electron chi connectivity index (χ2n) is 15.1. The van der Waals surface area contributed by atoms with Gasteiger partial charge in [-0.25, -0.2) is 0 Å². The molecule has 11 nitrogen and oxygen atoms in total. The van der Waals surface area contributed by atoms with Crippen molar-refractivity contribution in [3.05, 3.63) is 88.5 Å². The third kappa shape index (κ3) is 7.13. The van der Waals surface area contributed by atoms with Crippen LogP contribution >= 0.6 is 0 Å². The number of rotatable bonds is 6. The molecule has 1 atom stereocenters. The van der Waals surface area contributed by atoms with E-state index in [9.17, 15) is 32.3 Å². The van der Waals surface area contributed by atoms with E-state index in [-0.39, 0.29) is 24.0 Å². The summed E-state index contributed by atoms with van der Waals surface area (Å²) in [6, 6.07) is 19.2. The van der Waals surface area contributed by atoms with Crippen LogP contribution in [0.4, 0.5) is 30.2 Å². The van der Waals surface area contributed by atoms with Crippen molar-refractivity contribution < 1.29 is 32.3 Å². The van der Waals surface area contributed by atoms with Crippen molar-refractivity contribution in [1.82, 2.24) is 15.1 Å². The molecule has 0 aromatic heterocycles. The Balaban J connectivity index is 0.806. The van der Waals surface area contributed by atoms with Crippen LogP contribution in [-0.4, -0.2) is 97.9 Å². The lowest BCUT2D eigenvalue weighted by Gasteiger charge is -2.44. The highest BCUT2D eigenvalue weighted by Crippen LogP contribution is 2.37. The molecular weight excluding hydrogens is 711 g/mol. The maximum Gasteiger partial charge on any atom is 0.417 e. The molecule has 3 aromatic rings. The largest absolute Gasteiger partial charge is 0.417 e. The van der Waals surface area contributed by atoms with Gasteiger partial charge in [-0.3, -0.25) is 34.3 Å². The number of amides is 4. The van der Waals surface area contributed by atoms with Crippen LogP contribution in [0.5, 0.6) is 0 Å². The molecule has 0 bridgehead atoms. The fourth-order valence-corrected chi connectivity index (χ4v) is 8.98. The van der Waals surface area contributed by atoms with Crippen LogP contribution in [0.1, 0.15) is 81.8 Å². The van der Waals surface area contributed by atoms with E-state index < -0.39 is 41.4 Å². The second kappa shape index (κ2) is 14.7. The van der Waals surface area contributed by atoms with Crippen LogP contribution in [0.2, 0.25) is 0 Å². The Kier molecular flexibility index (Phi) is 9.75. The third-order valence-electron chi connectivity index (χ3n) is 12.1. The molecule has 14 heteroatoms. The Morgan fingerprint density at radius 1 is 0.655 bits per heavy atom. The van der Waals surface area contributed by atoms with Crippen LogP contribution in [0.3, 0.4) is 0 Å². The molecular formula is C41H42F3N7O4. The zero-order chi connectivity index (χ0) is 38.4. The number of halogens is 3. The normalized spacial score (nSPS) is 21.9. The molecule has 0 aliphatic carbocycles. The molecule has 8 rings (SSSR count). The van der Waals surface area contributed by atoms with Gasteiger partial charge >= 0.3 is 6.18 Å². The monoisotopic (exact) mass is 753 g/mol. The number of fused-ring (bicyclic) bond motifs is 1. The van der Waals surface area contributed by atoms with E-state index in [1.807, 2.05) is 11.0 Å². The minimum atomic E-state index is -4.57. The Hall–Kier alpha value is -5.42. The van der Waals surface area contributed by atoms with Gasteiger partial charge in [0.2, 0.25) is 11.8 Å². The first-order valence-electron chi connectivity index (χ1n) is 19.0. The van der Waals surface area contributed by atoms with E-state index in [1.54, 1.807) is 24.3 Å². The standard InChI is InChI=1S/C41H42F3N7O4/c42-41(43,44)35-24-32(6-3-28(35)25-45)47-15-11-27(12-16-47)26-1-4-29(5-2-26)49-19-21-50(22-20-49)30-13-17-48(18-14-30)31-7-8-33-34(23-31)40(55)51(39(33)54)36-9-10-37(52)46-38(36)53/h1-8,23-24,27,30,36H,9-22H2,(H,46,52,53). The molecule has 4 saturated heterocycles. The number of carbonyl (C=O) groups excluding carboxylic acids is 4. The van der Waals surface area contributed by atoms with Crippen molar-refractivity contribution >= 4 is 40.7 Å². The second-order valence-corrected chi connectivity index (χ2v) is 15.1. The Morgan fingerprint density at radius 3 is 1.87 bits per heavy atom. The first-order chi connectivity index (χ1) is 26.5. The maximum absolute atomic E-state index is 13.5. The highest BCUT2D eigenvalue weighted by molar-refractivity contribution is 6.23. The number of nitrogens with zero attached hydrogens (tertiary/aromatic N) is 6. The van der Waals surface area contributed by atoms with Gasteiger partial charge in [0, 0.05) is 81.9 Å². The van der Waals surface area contributed by atoms with Gasteiger partial charge in [0.05, 0.1) is 28.3 Å². The van der Waals surface area contributed by atoms with E-state index in [0.717, 1.165) is 81.6 Å². The van der Waals surface area contributed by atoms with Crippen LogP contribution in [0.25, 0.3) is 0 Å². The quantitative estimate of drug-likeness (QED) is 0.341. The molecule has 0 saturated carbocycles. The average molecular weight is 754 g/mol. The van der Waals surface area contributed by atoms with Gasteiger partial charge in [-0.15, -0.1) is 0 Å². The summed E-state index contributed by atoms with van der Waals surface area (Å²) in [7, 11) is 0. The average Bonchev–Trinajstić information content (AvgIpc) is 3.45. The molecule has 5 aliphatic rings. The number of nitriles is 1. The molecule has 0 spiro atoms. The van der Waals surface area contributed by atoms with E-state index in [2.05, 4.69) is 44.3 Å². The number of imide groups is 2. The van der Waals surface area contributed by atoms with Gasteiger partial charge in [0.1, 0.15) is 6.04 Å². The van der Waals surface area contributed by atoms with Gasteiger partial charge < -0.3 is 14.7 Å². The Labute approximate surface area is 317 Å². The number of benzene rings is 3. The smallest absolute Gasteiger partial charge is 0.371 e. The zero-order valence-corrected chi connectivity index (χ0v) is 30.4. The highest BCUT2D eigenvalue weighted by atomic mass is 19.4. The Bertz CT molecular complexity index is 2040. The van der Waals surface area contributed by atoms with Crippen molar-refractivity contribution in [2.75, 3.05) is 67.1 Å². The first-order valence-corrected chi connectivity index (χ1v) is 19.0. The Morgan fingerprint density at radius 2 is 1.24 bits per heavy atom. The van der Waals surface area contributed by atoms with Crippen molar-refractivity contribution in [2.45, 2.75) is 62.7 Å². The third-order valence-corrected chi connectivity index (χ3v) is 12.1. The number of hydrogen-bond donors (Lipinski definition) is 1. The molecule has 5 aliphatic heterocycles. The zero-order valence-electron chi connectivity index (χ0n) is 30.4. The number of anilines is 3. The number of carbonyl (C=O) groups is 4. The molecule has 55 heavy (non-hydrogen) atoms. The number of hydrogen-bond acceptors (Lipinski definition) is 9. The molecule has 286 valence electrons. The van der Waals surface area contributed by atoms with Gasteiger partial charge in [-0.1, -0.05) is 12.1 Å². The summed E-state index contributed by atoms with van der Waals surface area (Å²) in [5.74, 6) is -1.67. The van der Waals surface area contributed by atoms with Crippen molar-refractivity contribution in [3.8, 4) is 6.07 Å². The molecule has 1 N–H and O–H groups in total. The molecule has 0 radical (unpaired) electrons. The molecule has 5 heterocycles. The van der Waals surface area contributed by atoms with Crippen LogP contribution < -0.4 is 20.0 Å². The van der Waals surface area contributed by atoms with Crippen LogP contribution in [-0.2, 0) is 15.8 Å². The first kappa shape index (κ1) is 36.6. The molecule has 1 unspecified atom stereocenters. The summed E-state index contributed by atoms with van der Waals surface area (Å²) in [4.78, 5) is 60.7. The number of piperazine rings is 1. The molecule has 4 fully saturated rings. The van der Waals surface area contributed by atoms with Crippen molar-refractivity contribution in [3.63, 3.8) is 0 Å². The van der Waals surface area contributed by atoms with Gasteiger partial charge in [0.15, 0.2) is 0 Å². The van der Waals surface area contributed by atoms with Crippen molar-refractivity contribution in [1.29, 1.82) is 5.26 Å². The molecule has 3 aromatic carbocycles. The minimum absolute atomic E-state index is 0.0848. The fraction of sp³-hybridized carbons (Fsp3) is 0.439. The number of nitrogens with one attached hydrogen (secondary N) is 1. The van der Waals surface area contributed by atoms with E-state index in [0.29, 0.717) is 36.3 Å². The SMILES string of the molecule is N#Cc1ccc(N2CCC(c3ccc(N4CCN(C5CCN(c6ccc7c(c6)C(=O)N(C6CCC(=O)NC6=O)C7=O)CC5)CC4)cc3)CC2)cc1C(F)(F)F. The summed E-state index contributed by atoms with van der Waals surface area (Å²) in [6.07, 6.45) is -0.717. The topological polar surface area (TPSA) is 120 Å². The highest BCUT2D eigenvalue weighted by Gasteiger charge is 2.45.